The van der Waals surface area contributed by atoms with Crippen LogP contribution >= 0.6 is 0 Å². The number of ether oxygens (including phenoxy) is 1. The molecule has 0 aliphatic carbocycles. The van der Waals surface area contributed by atoms with Crippen LogP contribution in [0.1, 0.15) is 12.1 Å². The molecule has 1 heterocycles. The molecule has 1 aromatic carbocycles. The van der Waals surface area contributed by atoms with Crippen LogP contribution in [0.5, 0.6) is 0 Å². The molecule has 0 spiro atoms. The molecule has 0 atom stereocenters. The van der Waals surface area contributed by atoms with Gasteiger partial charge in [-0.15, -0.1) is 6.58 Å². The summed E-state index contributed by atoms with van der Waals surface area (Å²) >= 11 is 0. The van der Waals surface area contributed by atoms with Crippen LogP contribution in [0, 0.1) is 0 Å². The summed E-state index contributed by atoms with van der Waals surface area (Å²) in [6, 6.07) is 8.28. The molecule has 0 saturated carbocycles. The molecule has 0 saturated heterocycles. The standard InChI is InChI=1S/C15H21N3O/c1-3-4-10-19-11-9-16-12-14-13-7-5-6-8-15(13)18(2)17-14/h3,5-8,16H,1,4,9-12H2,2H3. The molecule has 0 unspecified atom stereocenters. The molecule has 0 aliphatic rings. The van der Waals surface area contributed by atoms with Gasteiger partial charge in [-0.05, 0) is 12.5 Å². The Labute approximate surface area is 114 Å². The second-order valence-electron chi connectivity index (χ2n) is 4.45. The lowest BCUT2D eigenvalue weighted by Gasteiger charge is -2.04. The van der Waals surface area contributed by atoms with Gasteiger partial charge in [0, 0.05) is 25.5 Å². The van der Waals surface area contributed by atoms with E-state index in [1.165, 1.54) is 10.9 Å². The predicted octanol–water partition coefficient (Wildman–Crippen LogP) is 2.26. The zero-order chi connectivity index (χ0) is 13.5. The van der Waals surface area contributed by atoms with Gasteiger partial charge in [-0.3, -0.25) is 4.68 Å². The fourth-order valence-corrected chi connectivity index (χ4v) is 2.04. The Kier molecular flexibility index (Phi) is 5.12. The third-order valence-corrected chi connectivity index (χ3v) is 3.02. The van der Waals surface area contributed by atoms with Gasteiger partial charge >= 0.3 is 0 Å². The Balaban J connectivity index is 1.80. The number of aryl methyl sites for hydroxylation is 1. The van der Waals surface area contributed by atoms with Crippen LogP contribution in [-0.4, -0.2) is 29.5 Å². The first-order valence-electron chi connectivity index (χ1n) is 6.63. The van der Waals surface area contributed by atoms with Gasteiger partial charge in [0.2, 0.25) is 0 Å². The second kappa shape index (κ2) is 7.07. The average molecular weight is 259 g/mol. The van der Waals surface area contributed by atoms with Crippen molar-refractivity contribution in [2.24, 2.45) is 7.05 Å². The van der Waals surface area contributed by atoms with Crippen molar-refractivity contribution < 1.29 is 4.74 Å². The van der Waals surface area contributed by atoms with Crippen LogP contribution in [0.15, 0.2) is 36.9 Å². The van der Waals surface area contributed by atoms with Crippen LogP contribution in [0.25, 0.3) is 10.9 Å². The number of fused-ring (bicyclic) bond motifs is 1. The van der Waals surface area contributed by atoms with E-state index in [2.05, 4.69) is 29.1 Å². The maximum absolute atomic E-state index is 5.45. The highest BCUT2D eigenvalue weighted by Crippen LogP contribution is 2.16. The highest BCUT2D eigenvalue weighted by molar-refractivity contribution is 5.81. The number of hydrogen-bond acceptors (Lipinski definition) is 3. The molecule has 2 rings (SSSR count). The van der Waals surface area contributed by atoms with E-state index in [1.807, 2.05) is 29.9 Å². The fourth-order valence-electron chi connectivity index (χ4n) is 2.04. The maximum Gasteiger partial charge on any atom is 0.0841 e. The van der Waals surface area contributed by atoms with E-state index in [-0.39, 0.29) is 0 Å². The first-order chi connectivity index (χ1) is 9.33. The van der Waals surface area contributed by atoms with Gasteiger partial charge in [0.1, 0.15) is 0 Å². The molecule has 0 amide bonds. The average Bonchev–Trinajstić information content (AvgIpc) is 2.75. The zero-order valence-electron chi connectivity index (χ0n) is 11.4. The molecule has 1 N–H and O–H groups in total. The molecule has 102 valence electrons. The Morgan fingerprint density at radius 1 is 1.37 bits per heavy atom. The summed E-state index contributed by atoms with van der Waals surface area (Å²) in [4.78, 5) is 0. The van der Waals surface area contributed by atoms with Crippen LogP contribution in [0.4, 0.5) is 0 Å². The lowest BCUT2D eigenvalue weighted by molar-refractivity contribution is 0.140. The maximum atomic E-state index is 5.45. The molecule has 4 heteroatoms. The minimum Gasteiger partial charge on any atom is -0.380 e. The Morgan fingerprint density at radius 2 is 2.21 bits per heavy atom. The van der Waals surface area contributed by atoms with Gasteiger partial charge in [0.25, 0.3) is 0 Å². The number of benzene rings is 1. The van der Waals surface area contributed by atoms with Crippen molar-refractivity contribution in [1.82, 2.24) is 15.1 Å². The number of aromatic nitrogens is 2. The van der Waals surface area contributed by atoms with Gasteiger partial charge in [0.05, 0.1) is 24.4 Å². The van der Waals surface area contributed by atoms with Gasteiger partial charge < -0.3 is 10.1 Å². The molecule has 4 nitrogen and oxygen atoms in total. The van der Waals surface area contributed by atoms with E-state index >= 15 is 0 Å². The number of nitrogens with one attached hydrogen (secondary N) is 1. The van der Waals surface area contributed by atoms with E-state index in [4.69, 9.17) is 4.74 Å². The summed E-state index contributed by atoms with van der Waals surface area (Å²) in [5.74, 6) is 0. The van der Waals surface area contributed by atoms with E-state index < -0.39 is 0 Å². The number of para-hydroxylation sites is 1. The highest BCUT2D eigenvalue weighted by Gasteiger charge is 2.06. The third kappa shape index (κ3) is 3.66. The van der Waals surface area contributed by atoms with Crippen molar-refractivity contribution in [2.75, 3.05) is 19.8 Å². The topological polar surface area (TPSA) is 39.1 Å². The van der Waals surface area contributed by atoms with Crippen molar-refractivity contribution in [2.45, 2.75) is 13.0 Å². The SMILES string of the molecule is C=CCCOCCNCc1nn(C)c2ccccc12. The highest BCUT2D eigenvalue weighted by atomic mass is 16.5. The summed E-state index contributed by atoms with van der Waals surface area (Å²) in [5.41, 5.74) is 2.26. The van der Waals surface area contributed by atoms with Crippen molar-refractivity contribution >= 4 is 10.9 Å². The van der Waals surface area contributed by atoms with Crippen molar-refractivity contribution in [3.8, 4) is 0 Å². The predicted molar refractivity (Wildman–Crippen MR) is 78.1 cm³/mol. The van der Waals surface area contributed by atoms with E-state index in [0.717, 1.165) is 38.4 Å². The van der Waals surface area contributed by atoms with E-state index in [9.17, 15) is 0 Å². The van der Waals surface area contributed by atoms with Crippen LogP contribution in [0.2, 0.25) is 0 Å². The number of hydrogen-bond donors (Lipinski definition) is 1. The quantitative estimate of drug-likeness (QED) is 0.584. The lowest BCUT2D eigenvalue weighted by atomic mass is 10.2. The lowest BCUT2D eigenvalue weighted by Crippen LogP contribution is -2.19. The first-order valence-corrected chi connectivity index (χ1v) is 6.63. The normalized spacial score (nSPS) is 11.0. The van der Waals surface area contributed by atoms with Crippen molar-refractivity contribution in [3.05, 3.63) is 42.6 Å². The molecule has 2 aromatic rings. The Hall–Kier alpha value is -1.65. The van der Waals surface area contributed by atoms with Gasteiger partial charge in [0.15, 0.2) is 0 Å². The molecule has 0 bridgehead atoms. The van der Waals surface area contributed by atoms with Gasteiger partial charge in [-0.25, -0.2) is 0 Å². The van der Waals surface area contributed by atoms with Crippen molar-refractivity contribution in [1.29, 1.82) is 0 Å². The van der Waals surface area contributed by atoms with Crippen LogP contribution < -0.4 is 5.32 Å². The molecule has 1 aromatic heterocycles. The zero-order valence-corrected chi connectivity index (χ0v) is 11.4. The summed E-state index contributed by atoms with van der Waals surface area (Å²) in [6.45, 7) is 6.73. The third-order valence-electron chi connectivity index (χ3n) is 3.02. The number of rotatable bonds is 8. The van der Waals surface area contributed by atoms with Crippen molar-refractivity contribution in [3.63, 3.8) is 0 Å². The first kappa shape index (κ1) is 13.8. The van der Waals surface area contributed by atoms with E-state index in [1.54, 1.807) is 0 Å². The monoisotopic (exact) mass is 259 g/mol. The van der Waals surface area contributed by atoms with Gasteiger partial charge in [-0.2, -0.15) is 5.10 Å². The van der Waals surface area contributed by atoms with E-state index in [0.29, 0.717) is 0 Å². The molecule has 0 radical (unpaired) electrons. The molecule has 0 aliphatic heterocycles. The summed E-state index contributed by atoms with van der Waals surface area (Å²) < 4.78 is 7.37. The second-order valence-corrected chi connectivity index (χ2v) is 4.45. The molecular weight excluding hydrogens is 238 g/mol. The van der Waals surface area contributed by atoms with Gasteiger partial charge in [-0.1, -0.05) is 24.3 Å². The smallest absolute Gasteiger partial charge is 0.0841 e. The molecule has 0 fully saturated rings. The minimum absolute atomic E-state index is 0.721. The summed E-state index contributed by atoms with van der Waals surface area (Å²) in [6.07, 6.45) is 2.78. The molecular formula is C15H21N3O. The largest absolute Gasteiger partial charge is 0.380 e. The summed E-state index contributed by atoms with van der Waals surface area (Å²) in [5, 5.41) is 9.11. The Bertz CT molecular complexity index is 533. The fraction of sp³-hybridized carbons (Fsp3) is 0.400. The summed E-state index contributed by atoms with van der Waals surface area (Å²) in [7, 11) is 1.98. The minimum atomic E-state index is 0.721. The van der Waals surface area contributed by atoms with Crippen LogP contribution in [0.3, 0.4) is 0 Å². The number of nitrogens with zero attached hydrogens (tertiary/aromatic N) is 2. The van der Waals surface area contributed by atoms with Crippen LogP contribution in [-0.2, 0) is 18.3 Å². The molecule has 19 heavy (non-hydrogen) atoms. The Morgan fingerprint density at radius 3 is 3.05 bits per heavy atom.